The Labute approximate surface area is 102 Å². The third-order valence-electron chi connectivity index (χ3n) is 2.38. The summed E-state index contributed by atoms with van der Waals surface area (Å²) in [5, 5.41) is 0. The Morgan fingerprint density at radius 3 is 2.69 bits per heavy atom. The van der Waals surface area contributed by atoms with Crippen LogP contribution in [0.1, 0.15) is 21.9 Å². The molecule has 0 atom stereocenters. The molecule has 0 aliphatic heterocycles. The highest BCUT2D eigenvalue weighted by molar-refractivity contribution is 9.10. The number of aryl methyl sites for hydroxylation is 2. The van der Waals surface area contributed by atoms with Gasteiger partial charge in [-0.3, -0.25) is 4.79 Å². The standard InChI is InChI=1S/C12H11BrN2O/c1-8-6-15(9(2)14-8)12-4-3-11(13)5-10(12)7-16/h3-7H,1-2H3. The van der Waals surface area contributed by atoms with Crippen LogP contribution >= 0.6 is 15.9 Å². The summed E-state index contributed by atoms with van der Waals surface area (Å²) in [6, 6.07) is 5.62. The van der Waals surface area contributed by atoms with Crippen LogP contribution in [0, 0.1) is 13.8 Å². The third kappa shape index (κ3) is 1.93. The van der Waals surface area contributed by atoms with E-state index in [2.05, 4.69) is 20.9 Å². The quantitative estimate of drug-likeness (QED) is 0.792. The predicted octanol–water partition coefficient (Wildman–Crippen LogP) is 3.06. The molecular weight excluding hydrogens is 268 g/mol. The molecule has 0 unspecified atom stereocenters. The Balaban J connectivity index is 2.63. The molecule has 4 heteroatoms. The summed E-state index contributed by atoms with van der Waals surface area (Å²) in [4.78, 5) is 15.3. The highest BCUT2D eigenvalue weighted by Crippen LogP contribution is 2.20. The van der Waals surface area contributed by atoms with Crippen LogP contribution in [-0.4, -0.2) is 15.8 Å². The van der Waals surface area contributed by atoms with Crippen LogP contribution in [0.25, 0.3) is 5.69 Å². The fraction of sp³-hybridized carbons (Fsp3) is 0.167. The molecular formula is C12H11BrN2O. The highest BCUT2D eigenvalue weighted by Gasteiger charge is 2.08. The Bertz CT molecular complexity index is 546. The first-order chi connectivity index (χ1) is 7.61. The van der Waals surface area contributed by atoms with Crippen molar-refractivity contribution in [2.24, 2.45) is 0 Å². The van der Waals surface area contributed by atoms with Crippen LogP contribution in [0.4, 0.5) is 0 Å². The molecule has 0 aliphatic rings. The van der Waals surface area contributed by atoms with Crippen molar-refractivity contribution in [1.82, 2.24) is 9.55 Å². The van der Waals surface area contributed by atoms with E-state index in [1.807, 2.05) is 36.7 Å². The van der Waals surface area contributed by atoms with Gasteiger partial charge in [-0.05, 0) is 32.0 Å². The first-order valence-corrected chi connectivity index (χ1v) is 5.69. The van der Waals surface area contributed by atoms with E-state index in [1.54, 1.807) is 6.07 Å². The summed E-state index contributed by atoms with van der Waals surface area (Å²) in [5.41, 5.74) is 2.45. The molecule has 0 bridgehead atoms. The van der Waals surface area contributed by atoms with E-state index < -0.39 is 0 Å². The number of rotatable bonds is 2. The second-order valence-corrected chi connectivity index (χ2v) is 4.54. The van der Waals surface area contributed by atoms with Crippen LogP contribution in [0.5, 0.6) is 0 Å². The number of carbonyl (C=O) groups excluding carboxylic acids is 1. The fourth-order valence-corrected chi connectivity index (χ4v) is 2.08. The number of hydrogen-bond donors (Lipinski definition) is 0. The summed E-state index contributed by atoms with van der Waals surface area (Å²) in [6.45, 7) is 3.85. The second kappa shape index (κ2) is 4.22. The molecule has 0 saturated carbocycles. The zero-order chi connectivity index (χ0) is 11.7. The maximum absolute atomic E-state index is 11.0. The average Bonchev–Trinajstić information content (AvgIpc) is 2.57. The minimum absolute atomic E-state index is 0.648. The fourth-order valence-electron chi connectivity index (χ4n) is 1.70. The van der Waals surface area contributed by atoms with E-state index in [0.717, 1.165) is 28.0 Å². The zero-order valence-electron chi connectivity index (χ0n) is 9.07. The van der Waals surface area contributed by atoms with Crippen molar-refractivity contribution < 1.29 is 4.79 Å². The van der Waals surface area contributed by atoms with Crippen molar-refractivity contribution >= 4 is 22.2 Å². The molecule has 1 aromatic heterocycles. The van der Waals surface area contributed by atoms with Gasteiger partial charge >= 0.3 is 0 Å². The molecule has 2 aromatic rings. The van der Waals surface area contributed by atoms with E-state index in [0.29, 0.717) is 5.56 Å². The number of aromatic nitrogens is 2. The summed E-state index contributed by atoms with van der Waals surface area (Å²) in [6.07, 6.45) is 2.78. The highest BCUT2D eigenvalue weighted by atomic mass is 79.9. The van der Waals surface area contributed by atoms with Gasteiger partial charge in [-0.15, -0.1) is 0 Å². The molecule has 2 rings (SSSR count). The van der Waals surface area contributed by atoms with Crippen molar-refractivity contribution in [3.8, 4) is 5.69 Å². The Kier molecular flexibility index (Phi) is 2.92. The molecule has 0 saturated heterocycles. The lowest BCUT2D eigenvalue weighted by Gasteiger charge is -2.07. The van der Waals surface area contributed by atoms with Crippen LogP contribution in [0.3, 0.4) is 0 Å². The third-order valence-corrected chi connectivity index (χ3v) is 2.87. The van der Waals surface area contributed by atoms with Gasteiger partial charge in [0, 0.05) is 16.2 Å². The van der Waals surface area contributed by atoms with Gasteiger partial charge in [0.15, 0.2) is 6.29 Å². The molecule has 16 heavy (non-hydrogen) atoms. The number of halogens is 1. The van der Waals surface area contributed by atoms with Gasteiger partial charge in [-0.1, -0.05) is 15.9 Å². The number of aldehydes is 1. The summed E-state index contributed by atoms with van der Waals surface area (Å²) < 4.78 is 2.82. The minimum Gasteiger partial charge on any atom is -0.303 e. The van der Waals surface area contributed by atoms with Gasteiger partial charge in [0.2, 0.25) is 0 Å². The lowest BCUT2D eigenvalue weighted by Crippen LogP contribution is -1.99. The SMILES string of the molecule is Cc1cn(-c2ccc(Br)cc2C=O)c(C)n1. The molecule has 0 aliphatic carbocycles. The predicted molar refractivity (Wildman–Crippen MR) is 66.1 cm³/mol. The molecule has 3 nitrogen and oxygen atoms in total. The second-order valence-electron chi connectivity index (χ2n) is 3.62. The van der Waals surface area contributed by atoms with Crippen LogP contribution < -0.4 is 0 Å². The molecule has 0 spiro atoms. The topological polar surface area (TPSA) is 34.9 Å². The van der Waals surface area contributed by atoms with Crippen LogP contribution in [0.15, 0.2) is 28.9 Å². The van der Waals surface area contributed by atoms with Gasteiger partial charge in [0.25, 0.3) is 0 Å². The smallest absolute Gasteiger partial charge is 0.152 e. The molecule has 1 heterocycles. The number of benzene rings is 1. The average molecular weight is 279 g/mol. The van der Waals surface area contributed by atoms with E-state index in [1.165, 1.54) is 0 Å². The lowest BCUT2D eigenvalue weighted by molar-refractivity contribution is 0.112. The Morgan fingerprint density at radius 1 is 1.38 bits per heavy atom. The molecule has 0 amide bonds. The van der Waals surface area contributed by atoms with Gasteiger partial charge in [-0.25, -0.2) is 4.98 Å². The van der Waals surface area contributed by atoms with Gasteiger partial charge in [0.1, 0.15) is 5.82 Å². The Hall–Kier alpha value is -1.42. The maximum Gasteiger partial charge on any atom is 0.152 e. The first kappa shape index (κ1) is 11.1. The van der Waals surface area contributed by atoms with Crippen molar-refractivity contribution in [3.63, 3.8) is 0 Å². The number of hydrogen-bond acceptors (Lipinski definition) is 2. The van der Waals surface area contributed by atoms with Crippen LogP contribution in [0.2, 0.25) is 0 Å². The van der Waals surface area contributed by atoms with E-state index in [-0.39, 0.29) is 0 Å². The molecule has 0 radical (unpaired) electrons. The van der Waals surface area contributed by atoms with Gasteiger partial charge in [0.05, 0.1) is 11.4 Å². The molecule has 0 fully saturated rings. The van der Waals surface area contributed by atoms with E-state index in [4.69, 9.17) is 0 Å². The number of imidazole rings is 1. The van der Waals surface area contributed by atoms with Gasteiger partial charge in [-0.2, -0.15) is 0 Å². The Morgan fingerprint density at radius 2 is 2.12 bits per heavy atom. The summed E-state index contributed by atoms with van der Waals surface area (Å²) >= 11 is 3.35. The first-order valence-electron chi connectivity index (χ1n) is 4.89. The monoisotopic (exact) mass is 278 g/mol. The van der Waals surface area contributed by atoms with Crippen molar-refractivity contribution in [3.05, 3.63) is 46.0 Å². The molecule has 0 N–H and O–H groups in total. The van der Waals surface area contributed by atoms with E-state index in [9.17, 15) is 4.79 Å². The van der Waals surface area contributed by atoms with Crippen LogP contribution in [-0.2, 0) is 0 Å². The van der Waals surface area contributed by atoms with E-state index >= 15 is 0 Å². The lowest BCUT2D eigenvalue weighted by atomic mass is 10.2. The van der Waals surface area contributed by atoms with Gasteiger partial charge < -0.3 is 4.57 Å². The number of carbonyl (C=O) groups is 1. The minimum atomic E-state index is 0.648. The number of nitrogens with zero attached hydrogens (tertiary/aromatic N) is 2. The summed E-state index contributed by atoms with van der Waals surface area (Å²) in [7, 11) is 0. The molecule has 1 aromatic carbocycles. The van der Waals surface area contributed by atoms with Crippen molar-refractivity contribution in [2.45, 2.75) is 13.8 Å². The maximum atomic E-state index is 11.0. The molecule has 82 valence electrons. The largest absolute Gasteiger partial charge is 0.303 e. The summed E-state index contributed by atoms with van der Waals surface area (Å²) in [5.74, 6) is 0.878. The van der Waals surface area contributed by atoms with Crippen molar-refractivity contribution in [1.29, 1.82) is 0 Å². The van der Waals surface area contributed by atoms with Crippen molar-refractivity contribution in [2.75, 3.05) is 0 Å². The normalized spacial score (nSPS) is 10.4. The zero-order valence-corrected chi connectivity index (χ0v) is 10.7.